The van der Waals surface area contributed by atoms with Crippen LogP contribution in [0.25, 0.3) is 0 Å². The maximum Gasteiger partial charge on any atom is 0.234 e. The molecule has 0 atom stereocenters. The zero-order valence-electron chi connectivity index (χ0n) is 9.17. The van der Waals surface area contributed by atoms with Crippen molar-refractivity contribution in [3.05, 3.63) is 0 Å². The van der Waals surface area contributed by atoms with Crippen LogP contribution in [-0.2, 0) is 9.59 Å². The van der Waals surface area contributed by atoms with Gasteiger partial charge in [-0.3, -0.25) is 14.5 Å². The van der Waals surface area contributed by atoms with Gasteiger partial charge in [-0.1, -0.05) is 12.8 Å². The fourth-order valence-electron chi connectivity index (χ4n) is 0.970. The molecule has 0 bridgehead atoms. The van der Waals surface area contributed by atoms with Gasteiger partial charge in [0.2, 0.25) is 11.8 Å². The van der Waals surface area contributed by atoms with E-state index < -0.39 is 0 Å². The molecule has 2 N–H and O–H groups in total. The first-order chi connectivity index (χ1) is 7.13. The van der Waals surface area contributed by atoms with Crippen molar-refractivity contribution < 1.29 is 9.59 Å². The van der Waals surface area contributed by atoms with Crippen molar-refractivity contribution in [2.45, 2.75) is 6.92 Å². The van der Waals surface area contributed by atoms with Crippen LogP contribution in [0.4, 0.5) is 0 Å². The molecule has 0 spiro atoms. The van der Waals surface area contributed by atoms with Crippen LogP contribution in [0.2, 0.25) is 0 Å². The zero-order chi connectivity index (χ0) is 11.7. The summed E-state index contributed by atoms with van der Waals surface area (Å²) in [7, 11) is 1.56. The Morgan fingerprint density at radius 2 is 1.93 bits per heavy atom. The molecule has 0 saturated heterocycles. The van der Waals surface area contributed by atoms with E-state index in [9.17, 15) is 9.59 Å². The van der Waals surface area contributed by atoms with E-state index in [2.05, 4.69) is 16.6 Å². The highest BCUT2D eigenvalue weighted by Crippen LogP contribution is 1.86. The molecule has 0 saturated carbocycles. The number of hydrogen-bond acceptors (Lipinski definition) is 3. The van der Waals surface area contributed by atoms with Crippen LogP contribution < -0.4 is 10.6 Å². The van der Waals surface area contributed by atoms with Gasteiger partial charge in [-0.25, -0.2) is 0 Å². The molecule has 15 heavy (non-hydrogen) atoms. The highest BCUT2D eigenvalue weighted by molar-refractivity contribution is 5.81. The predicted molar refractivity (Wildman–Crippen MR) is 58.0 cm³/mol. The fourth-order valence-corrected chi connectivity index (χ4v) is 0.970. The van der Waals surface area contributed by atoms with E-state index in [-0.39, 0.29) is 31.4 Å². The maximum atomic E-state index is 11.3. The lowest BCUT2D eigenvalue weighted by Crippen LogP contribution is -2.42. The third-order valence-electron chi connectivity index (χ3n) is 1.85. The summed E-state index contributed by atoms with van der Waals surface area (Å²) in [5.41, 5.74) is 0. The van der Waals surface area contributed by atoms with Gasteiger partial charge in [-0.05, 0) is 6.54 Å². The van der Waals surface area contributed by atoms with Crippen LogP contribution in [0, 0.1) is 12.3 Å². The molecule has 0 aliphatic heterocycles. The van der Waals surface area contributed by atoms with Crippen molar-refractivity contribution >= 4 is 11.8 Å². The predicted octanol–water partition coefficient (Wildman–Crippen LogP) is -1.20. The monoisotopic (exact) mass is 211 g/mol. The molecule has 84 valence electrons. The van der Waals surface area contributed by atoms with E-state index in [0.29, 0.717) is 6.54 Å². The summed E-state index contributed by atoms with van der Waals surface area (Å²) >= 11 is 0. The second kappa shape index (κ2) is 7.83. The Labute approximate surface area is 90.2 Å². The van der Waals surface area contributed by atoms with Crippen LogP contribution in [0.5, 0.6) is 0 Å². The van der Waals surface area contributed by atoms with E-state index in [1.165, 1.54) is 0 Å². The average molecular weight is 211 g/mol. The summed E-state index contributed by atoms with van der Waals surface area (Å²) in [5.74, 6) is 2.03. The Morgan fingerprint density at radius 1 is 1.33 bits per heavy atom. The number of carbonyl (C=O) groups is 2. The first-order valence-corrected chi connectivity index (χ1v) is 4.77. The third kappa shape index (κ3) is 6.52. The van der Waals surface area contributed by atoms with Gasteiger partial charge in [-0.15, -0.1) is 6.42 Å². The molecule has 0 radical (unpaired) electrons. The van der Waals surface area contributed by atoms with Gasteiger partial charge in [0.15, 0.2) is 0 Å². The Bertz CT molecular complexity index is 258. The van der Waals surface area contributed by atoms with Gasteiger partial charge in [0.25, 0.3) is 0 Å². The Kier molecular flexibility index (Phi) is 7.02. The van der Waals surface area contributed by atoms with E-state index in [0.717, 1.165) is 0 Å². The number of nitrogens with one attached hydrogen (secondary N) is 2. The van der Waals surface area contributed by atoms with Crippen molar-refractivity contribution in [2.24, 2.45) is 0 Å². The quantitative estimate of drug-likeness (QED) is 0.543. The molecular formula is C10H17N3O2. The van der Waals surface area contributed by atoms with Gasteiger partial charge in [0.05, 0.1) is 19.6 Å². The number of likely N-dealkylation sites (N-methyl/N-ethyl adjacent to an activating group) is 2. The normalized spacial score (nSPS) is 9.47. The second-order valence-electron chi connectivity index (χ2n) is 2.96. The molecule has 5 heteroatoms. The van der Waals surface area contributed by atoms with Crippen molar-refractivity contribution in [1.82, 2.24) is 15.5 Å². The SMILES string of the molecule is C#CCNC(=O)CN(CC)CC(=O)NC. The Morgan fingerprint density at radius 3 is 2.40 bits per heavy atom. The Balaban J connectivity index is 3.93. The first-order valence-electron chi connectivity index (χ1n) is 4.77. The Hall–Kier alpha value is -1.54. The number of hydrogen-bond donors (Lipinski definition) is 2. The number of rotatable bonds is 6. The van der Waals surface area contributed by atoms with E-state index in [1.807, 2.05) is 6.92 Å². The number of carbonyl (C=O) groups excluding carboxylic acids is 2. The summed E-state index contributed by atoms with van der Waals surface area (Å²) in [6.45, 7) is 3.15. The molecule has 0 fully saturated rings. The smallest absolute Gasteiger partial charge is 0.234 e. The summed E-state index contributed by atoms with van der Waals surface area (Å²) in [6, 6.07) is 0. The second-order valence-corrected chi connectivity index (χ2v) is 2.96. The summed E-state index contributed by atoms with van der Waals surface area (Å²) in [6.07, 6.45) is 5.00. The lowest BCUT2D eigenvalue weighted by atomic mass is 10.4. The molecule has 0 rings (SSSR count). The molecule has 0 aromatic rings. The van der Waals surface area contributed by atoms with Crippen LogP contribution in [-0.4, -0.2) is 49.9 Å². The minimum absolute atomic E-state index is 0.110. The highest BCUT2D eigenvalue weighted by atomic mass is 16.2. The number of nitrogens with zero attached hydrogens (tertiary/aromatic N) is 1. The van der Waals surface area contributed by atoms with Crippen molar-refractivity contribution in [3.8, 4) is 12.3 Å². The van der Waals surface area contributed by atoms with Crippen molar-refractivity contribution in [2.75, 3.05) is 33.2 Å². The van der Waals surface area contributed by atoms with E-state index in [4.69, 9.17) is 6.42 Å². The lowest BCUT2D eigenvalue weighted by Gasteiger charge is -2.18. The van der Waals surface area contributed by atoms with Gasteiger partial charge >= 0.3 is 0 Å². The van der Waals surface area contributed by atoms with E-state index >= 15 is 0 Å². The van der Waals surface area contributed by atoms with Crippen LogP contribution in [0.1, 0.15) is 6.92 Å². The van der Waals surface area contributed by atoms with Crippen molar-refractivity contribution in [1.29, 1.82) is 0 Å². The molecule has 0 heterocycles. The molecule has 5 nitrogen and oxygen atoms in total. The number of terminal acetylenes is 1. The minimum atomic E-state index is -0.168. The largest absolute Gasteiger partial charge is 0.358 e. The van der Waals surface area contributed by atoms with Crippen LogP contribution in [0.15, 0.2) is 0 Å². The minimum Gasteiger partial charge on any atom is -0.358 e. The molecule has 0 aromatic carbocycles. The number of amides is 2. The molecule has 2 amide bonds. The summed E-state index contributed by atoms with van der Waals surface area (Å²) in [4.78, 5) is 24.0. The lowest BCUT2D eigenvalue weighted by molar-refractivity contribution is -0.124. The van der Waals surface area contributed by atoms with Crippen molar-refractivity contribution in [3.63, 3.8) is 0 Å². The molecule has 0 aromatic heterocycles. The van der Waals surface area contributed by atoms with Crippen LogP contribution >= 0.6 is 0 Å². The summed E-state index contributed by atoms with van der Waals surface area (Å²) in [5, 5.41) is 5.04. The van der Waals surface area contributed by atoms with Crippen LogP contribution in [0.3, 0.4) is 0 Å². The zero-order valence-corrected chi connectivity index (χ0v) is 9.17. The standard InChI is InChI=1S/C10H17N3O2/c1-4-6-12-10(15)8-13(5-2)7-9(14)11-3/h1H,5-8H2,2-3H3,(H,11,14)(H,12,15). The maximum absolute atomic E-state index is 11.3. The molecule has 0 aliphatic carbocycles. The fraction of sp³-hybridized carbons (Fsp3) is 0.600. The molecule has 0 unspecified atom stereocenters. The molecule has 0 aliphatic rings. The van der Waals surface area contributed by atoms with Gasteiger partial charge < -0.3 is 10.6 Å². The van der Waals surface area contributed by atoms with Gasteiger partial charge in [0, 0.05) is 7.05 Å². The summed E-state index contributed by atoms with van der Waals surface area (Å²) < 4.78 is 0. The average Bonchev–Trinajstić information content (AvgIpc) is 2.25. The van der Waals surface area contributed by atoms with Gasteiger partial charge in [0.1, 0.15) is 0 Å². The topological polar surface area (TPSA) is 61.4 Å². The highest BCUT2D eigenvalue weighted by Gasteiger charge is 2.11. The molecular weight excluding hydrogens is 194 g/mol. The third-order valence-corrected chi connectivity index (χ3v) is 1.85. The van der Waals surface area contributed by atoms with E-state index in [1.54, 1.807) is 11.9 Å². The first kappa shape index (κ1) is 13.5. The van der Waals surface area contributed by atoms with Gasteiger partial charge in [-0.2, -0.15) is 0 Å².